The molecule has 134 valence electrons. The van der Waals surface area contributed by atoms with Gasteiger partial charge in [0.25, 0.3) is 0 Å². The quantitative estimate of drug-likeness (QED) is 0.921. The van der Waals surface area contributed by atoms with Crippen LogP contribution >= 0.6 is 0 Å². The molecule has 2 amide bonds. The molecule has 0 bridgehead atoms. The van der Waals surface area contributed by atoms with Gasteiger partial charge in [-0.1, -0.05) is 13.3 Å². The molecule has 1 fully saturated rings. The minimum Gasteiger partial charge on any atom is -0.494 e. The topological polar surface area (TPSA) is 85.2 Å². The number of aromatic nitrogens is 4. The molecule has 2 heterocycles. The second-order valence-electron chi connectivity index (χ2n) is 6.32. The lowest BCUT2D eigenvalue weighted by Gasteiger charge is -2.32. The van der Waals surface area contributed by atoms with E-state index in [4.69, 9.17) is 4.74 Å². The number of carbonyl (C=O) groups excluding carboxylic acids is 1. The Labute approximate surface area is 147 Å². The van der Waals surface area contributed by atoms with Crippen molar-refractivity contribution in [1.29, 1.82) is 0 Å². The van der Waals surface area contributed by atoms with Gasteiger partial charge in [0.1, 0.15) is 11.4 Å². The summed E-state index contributed by atoms with van der Waals surface area (Å²) in [4.78, 5) is 14.5. The highest BCUT2D eigenvalue weighted by atomic mass is 16.5. The molecule has 0 radical (unpaired) electrons. The monoisotopic (exact) mass is 344 g/mol. The molecular formula is C17H24N6O2. The SMILES string of the molecule is CC[C@H]1CCCN(C(=O)Nc2ccc(OC)c(-n3nnnc3C)c2)C1. The van der Waals surface area contributed by atoms with Crippen molar-refractivity contribution in [3.05, 3.63) is 24.0 Å². The number of nitrogens with one attached hydrogen (secondary N) is 1. The largest absolute Gasteiger partial charge is 0.494 e. The van der Waals surface area contributed by atoms with Crippen LogP contribution in [0.25, 0.3) is 5.69 Å². The van der Waals surface area contributed by atoms with Gasteiger partial charge in [0.15, 0.2) is 5.82 Å². The second kappa shape index (κ2) is 7.50. The summed E-state index contributed by atoms with van der Waals surface area (Å²) >= 11 is 0. The van der Waals surface area contributed by atoms with Crippen LogP contribution in [0.3, 0.4) is 0 Å². The van der Waals surface area contributed by atoms with Gasteiger partial charge in [-0.2, -0.15) is 4.68 Å². The minimum atomic E-state index is -0.0669. The number of ether oxygens (including phenoxy) is 1. The van der Waals surface area contributed by atoms with E-state index in [1.807, 2.05) is 24.0 Å². The van der Waals surface area contributed by atoms with Gasteiger partial charge in [-0.05, 0) is 54.3 Å². The highest BCUT2D eigenvalue weighted by Gasteiger charge is 2.23. The van der Waals surface area contributed by atoms with E-state index in [0.29, 0.717) is 28.9 Å². The second-order valence-corrected chi connectivity index (χ2v) is 6.32. The van der Waals surface area contributed by atoms with E-state index in [1.165, 1.54) is 6.42 Å². The molecule has 0 spiro atoms. The van der Waals surface area contributed by atoms with Gasteiger partial charge < -0.3 is 15.0 Å². The summed E-state index contributed by atoms with van der Waals surface area (Å²) in [5.41, 5.74) is 1.38. The van der Waals surface area contributed by atoms with Gasteiger partial charge in [0.2, 0.25) is 0 Å². The van der Waals surface area contributed by atoms with Crippen molar-refractivity contribution in [2.24, 2.45) is 5.92 Å². The molecule has 1 atom stereocenters. The fraction of sp³-hybridized carbons (Fsp3) is 0.529. The van der Waals surface area contributed by atoms with E-state index in [2.05, 4.69) is 27.8 Å². The van der Waals surface area contributed by atoms with Crippen LogP contribution in [0.1, 0.15) is 32.0 Å². The maximum absolute atomic E-state index is 12.6. The number of benzene rings is 1. The van der Waals surface area contributed by atoms with E-state index in [0.717, 1.165) is 25.9 Å². The number of anilines is 1. The van der Waals surface area contributed by atoms with E-state index < -0.39 is 0 Å². The summed E-state index contributed by atoms with van der Waals surface area (Å²) in [5.74, 6) is 1.87. The number of hydrogen-bond donors (Lipinski definition) is 1. The molecule has 0 unspecified atom stereocenters. The average molecular weight is 344 g/mol. The van der Waals surface area contributed by atoms with Crippen LogP contribution in [-0.2, 0) is 0 Å². The summed E-state index contributed by atoms with van der Waals surface area (Å²) in [6, 6.07) is 5.38. The van der Waals surface area contributed by atoms with Gasteiger partial charge in [-0.15, -0.1) is 5.10 Å². The number of methoxy groups -OCH3 is 1. The van der Waals surface area contributed by atoms with Crippen molar-refractivity contribution in [2.75, 3.05) is 25.5 Å². The van der Waals surface area contributed by atoms with Gasteiger partial charge >= 0.3 is 6.03 Å². The molecule has 1 saturated heterocycles. The molecule has 1 aliphatic rings. The zero-order valence-corrected chi connectivity index (χ0v) is 14.9. The van der Waals surface area contributed by atoms with Crippen molar-refractivity contribution < 1.29 is 9.53 Å². The standard InChI is InChI=1S/C17H24N6O2/c1-4-13-6-5-9-22(11-13)17(24)18-14-7-8-16(25-3)15(10-14)23-12(2)19-20-21-23/h7-8,10,13H,4-6,9,11H2,1-3H3,(H,18,24)/t13-/m0/s1. The lowest BCUT2D eigenvalue weighted by atomic mass is 9.96. The molecular weight excluding hydrogens is 320 g/mol. The van der Waals surface area contributed by atoms with Gasteiger partial charge in [0.05, 0.1) is 7.11 Å². The van der Waals surface area contributed by atoms with Gasteiger partial charge in [-0.3, -0.25) is 0 Å². The van der Waals surface area contributed by atoms with Gasteiger partial charge in [-0.25, -0.2) is 4.79 Å². The minimum absolute atomic E-state index is 0.0669. The Morgan fingerprint density at radius 1 is 1.44 bits per heavy atom. The van der Waals surface area contributed by atoms with E-state index >= 15 is 0 Å². The number of aryl methyl sites for hydroxylation is 1. The lowest BCUT2D eigenvalue weighted by molar-refractivity contribution is 0.176. The van der Waals surface area contributed by atoms with Crippen LogP contribution in [0, 0.1) is 12.8 Å². The van der Waals surface area contributed by atoms with Crippen molar-refractivity contribution in [3.63, 3.8) is 0 Å². The van der Waals surface area contributed by atoms with Crippen LogP contribution in [-0.4, -0.2) is 51.3 Å². The number of hydrogen-bond acceptors (Lipinski definition) is 5. The maximum atomic E-state index is 12.6. The highest BCUT2D eigenvalue weighted by molar-refractivity contribution is 5.90. The number of rotatable bonds is 4. The molecule has 8 nitrogen and oxygen atoms in total. The molecule has 1 aromatic carbocycles. The third kappa shape index (κ3) is 3.72. The van der Waals surface area contributed by atoms with Crippen LogP contribution in [0.5, 0.6) is 5.75 Å². The Balaban J connectivity index is 1.79. The van der Waals surface area contributed by atoms with Crippen LogP contribution in [0.4, 0.5) is 10.5 Å². The molecule has 1 aliphatic heterocycles. The van der Waals surface area contributed by atoms with E-state index in [1.54, 1.807) is 17.9 Å². The molecule has 1 aromatic heterocycles. The number of likely N-dealkylation sites (tertiary alicyclic amines) is 1. The smallest absolute Gasteiger partial charge is 0.321 e. The fourth-order valence-electron chi connectivity index (χ4n) is 3.17. The van der Waals surface area contributed by atoms with E-state index in [-0.39, 0.29) is 6.03 Å². The lowest BCUT2D eigenvalue weighted by Crippen LogP contribution is -2.42. The molecule has 25 heavy (non-hydrogen) atoms. The number of tetrazole rings is 1. The molecule has 0 aliphatic carbocycles. The first-order valence-corrected chi connectivity index (χ1v) is 8.61. The predicted octanol–water partition coefficient (Wildman–Crippen LogP) is 2.63. The van der Waals surface area contributed by atoms with Crippen molar-refractivity contribution in [2.45, 2.75) is 33.1 Å². The van der Waals surface area contributed by atoms with Crippen molar-refractivity contribution >= 4 is 11.7 Å². The maximum Gasteiger partial charge on any atom is 0.321 e. The van der Waals surface area contributed by atoms with Gasteiger partial charge in [0, 0.05) is 18.8 Å². The number of nitrogens with zero attached hydrogens (tertiary/aromatic N) is 5. The number of piperidine rings is 1. The third-order valence-corrected chi connectivity index (χ3v) is 4.67. The van der Waals surface area contributed by atoms with E-state index in [9.17, 15) is 4.79 Å². The van der Waals surface area contributed by atoms with Crippen LogP contribution in [0.15, 0.2) is 18.2 Å². The highest BCUT2D eigenvalue weighted by Crippen LogP contribution is 2.27. The average Bonchev–Trinajstić information content (AvgIpc) is 3.07. The molecule has 1 N–H and O–H groups in total. The van der Waals surface area contributed by atoms with Crippen molar-refractivity contribution in [1.82, 2.24) is 25.1 Å². The van der Waals surface area contributed by atoms with Crippen LogP contribution < -0.4 is 10.1 Å². The Kier molecular flexibility index (Phi) is 5.16. The normalized spacial score (nSPS) is 17.4. The summed E-state index contributed by atoms with van der Waals surface area (Å²) in [6.45, 7) is 5.61. The molecule has 3 rings (SSSR count). The number of urea groups is 1. The van der Waals surface area contributed by atoms with Crippen LogP contribution in [0.2, 0.25) is 0 Å². The first-order valence-electron chi connectivity index (χ1n) is 8.61. The molecule has 8 heteroatoms. The number of carbonyl (C=O) groups is 1. The summed E-state index contributed by atoms with van der Waals surface area (Å²) in [6.07, 6.45) is 3.37. The Morgan fingerprint density at radius 2 is 2.28 bits per heavy atom. The first-order chi connectivity index (χ1) is 12.1. The fourth-order valence-corrected chi connectivity index (χ4v) is 3.17. The zero-order chi connectivity index (χ0) is 17.8. The third-order valence-electron chi connectivity index (χ3n) is 4.67. The Bertz CT molecular complexity index is 744. The predicted molar refractivity (Wildman–Crippen MR) is 94.0 cm³/mol. The Hall–Kier alpha value is -2.64. The summed E-state index contributed by atoms with van der Waals surface area (Å²) in [5, 5.41) is 14.5. The zero-order valence-electron chi connectivity index (χ0n) is 14.9. The number of amides is 2. The molecule has 2 aromatic rings. The summed E-state index contributed by atoms with van der Waals surface area (Å²) in [7, 11) is 1.59. The first kappa shape index (κ1) is 17.2. The summed E-state index contributed by atoms with van der Waals surface area (Å²) < 4.78 is 6.98. The van der Waals surface area contributed by atoms with Crippen molar-refractivity contribution in [3.8, 4) is 11.4 Å². The Morgan fingerprint density at radius 3 is 2.96 bits per heavy atom. The molecule has 0 saturated carbocycles.